The fourth-order valence-electron chi connectivity index (χ4n) is 3.06. The quantitative estimate of drug-likeness (QED) is 0.794. The summed E-state index contributed by atoms with van der Waals surface area (Å²) in [6.07, 6.45) is -3.53. The van der Waals surface area contributed by atoms with Gasteiger partial charge in [0, 0.05) is 25.9 Å². The van der Waals surface area contributed by atoms with E-state index in [1.165, 1.54) is 30.3 Å². The zero-order chi connectivity index (χ0) is 21.4. The van der Waals surface area contributed by atoms with Crippen LogP contribution in [-0.4, -0.2) is 62.6 Å². The molecule has 0 aliphatic carbocycles. The summed E-state index contributed by atoms with van der Waals surface area (Å²) in [5.41, 5.74) is -2.78. The fourth-order valence-corrected chi connectivity index (χ4v) is 3.06. The van der Waals surface area contributed by atoms with Gasteiger partial charge in [-0.25, -0.2) is 9.48 Å². The Bertz CT molecular complexity index is 933. The third kappa shape index (κ3) is 4.04. The lowest BCUT2D eigenvalue weighted by atomic mass is 9.91. The summed E-state index contributed by atoms with van der Waals surface area (Å²) >= 11 is 0. The summed E-state index contributed by atoms with van der Waals surface area (Å²) in [7, 11) is 1.30. The highest BCUT2D eigenvalue weighted by Crippen LogP contribution is 2.31. The number of rotatable bonds is 4. The Labute approximate surface area is 163 Å². The van der Waals surface area contributed by atoms with Crippen molar-refractivity contribution in [3.8, 4) is 11.4 Å². The number of likely N-dealkylation sites (tertiary alicyclic amines) is 1. The molecule has 2 heterocycles. The van der Waals surface area contributed by atoms with Gasteiger partial charge in [0.1, 0.15) is 0 Å². The predicted molar refractivity (Wildman–Crippen MR) is 92.8 cm³/mol. The van der Waals surface area contributed by atoms with Crippen LogP contribution in [0, 0.1) is 0 Å². The van der Waals surface area contributed by atoms with Crippen LogP contribution in [0.4, 0.5) is 13.2 Å². The molecule has 1 aromatic carbocycles. The first-order valence-electron chi connectivity index (χ1n) is 8.61. The lowest BCUT2D eigenvalue weighted by molar-refractivity contribution is -0.162. The number of piperidine rings is 1. The Morgan fingerprint density at radius 1 is 1.24 bits per heavy atom. The van der Waals surface area contributed by atoms with Crippen LogP contribution in [-0.2, 0) is 11.0 Å². The van der Waals surface area contributed by atoms with Crippen LogP contribution >= 0.6 is 0 Å². The normalized spacial score (nSPS) is 16.5. The number of carbonyl (C=O) groups is 2. The molecule has 0 unspecified atom stereocenters. The van der Waals surface area contributed by atoms with E-state index in [1.807, 2.05) is 0 Å². The van der Waals surface area contributed by atoms with Crippen molar-refractivity contribution in [3.05, 3.63) is 41.7 Å². The zero-order valence-corrected chi connectivity index (χ0v) is 15.3. The SMILES string of the molecule is COc1cn(-c2cccc(C(F)(F)F)c2)nc1C(=O)N1CCC(O)(C(=O)O)CC1. The summed E-state index contributed by atoms with van der Waals surface area (Å²) in [5.74, 6) is -1.86. The maximum Gasteiger partial charge on any atom is 0.416 e. The number of hydrogen-bond acceptors (Lipinski definition) is 5. The number of aliphatic hydroxyl groups is 1. The van der Waals surface area contributed by atoms with Gasteiger partial charge in [0.05, 0.1) is 24.6 Å². The monoisotopic (exact) mass is 413 g/mol. The molecule has 11 heteroatoms. The van der Waals surface area contributed by atoms with E-state index in [9.17, 15) is 27.9 Å². The number of nitrogens with zero attached hydrogens (tertiary/aromatic N) is 3. The lowest BCUT2D eigenvalue weighted by Gasteiger charge is -2.35. The Hall–Kier alpha value is -3.08. The molecule has 2 aromatic rings. The number of halogens is 3. The Balaban J connectivity index is 1.86. The van der Waals surface area contributed by atoms with Crippen molar-refractivity contribution in [2.24, 2.45) is 0 Å². The predicted octanol–water partition coefficient (Wildman–Crippen LogP) is 1.95. The van der Waals surface area contributed by atoms with Gasteiger partial charge in [0.25, 0.3) is 5.91 Å². The second-order valence-electron chi connectivity index (χ2n) is 6.67. The molecule has 1 saturated heterocycles. The molecule has 8 nitrogen and oxygen atoms in total. The molecule has 1 fully saturated rings. The van der Waals surface area contributed by atoms with Crippen LogP contribution in [0.1, 0.15) is 28.9 Å². The molecule has 1 aromatic heterocycles. The van der Waals surface area contributed by atoms with E-state index in [0.29, 0.717) is 0 Å². The Kier molecular flexibility index (Phi) is 5.26. The highest BCUT2D eigenvalue weighted by molar-refractivity contribution is 5.95. The molecule has 3 rings (SSSR count). The van der Waals surface area contributed by atoms with Gasteiger partial charge in [-0.1, -0.05) is 6.07 Å². The van der Waals surface area contributed by atoms with E-state index in [0.717, 1.165) is 16.8 Å². The number of carboxylic acids is 1. The first-order valence-corrected chi connectivity index (χ1v) is 8.61. The van der Waals surface area contributed by atoms with Crippen LogP contribution in [0.25, 0.3) is 5.69 Å². The number of amides is 1. The summed E-state index contributed by atoms with van der Waals surface area (Å²) < 4.78 is 45.1. The molecule has 1 amide bonds. The first-order chi connectivity index (χ1) is 13.5. The van der Waals surface area contributed by atoms with Crippen molar-refractivity contribution in [2.75, 3.05) is 20.2 Å². The standard InChI is InChI=1S/C18H18F3N3O5/c1-29-13-10-24(12-4-2-3-11(9-12)18(19,20)21)22-14(13)15(25)23-7-5-17(28,6-8-23)16(26)27/h2-4,9-10,28H,5-8H2,1H3,(H,26,27). The smallest absolute Gasteiger partial charge is 0.416 e. The van der Waals surface area contributed by atoms with Crippen LogP contribution < -0.4 is 4.74 Å². The molecule has 1 aliphatic heterocycles. The molecule has 1 aliphatic rings. The molecular formula is C18H18F3N3O5. The van der Waals surface area contributed by atoms with Crippen molar-refractivity contribution in [1.82, 2.24) is 14.7 Å². The van der Waals surface area contributed by atoms with Gasteiger partial charge < -0.3 is 19.8 Å². The summed E-state index contributed by atoms with van der Waals surface area (Å²) in [5, 5.41) is 23.1. The molecule has 0 radical (unpaired) electrons. The number of ether oxygens (including phenoxy) is 1. The van der Waals surface area contributed by atoms with Crippen molar-refractivity contribution in [1.29, 1.82) is 0 Å². The first kappa shape index (κ1) is 20.6. The number of hydrogen-bond donors (Lipinski definition) is 2. The largest absolute Gasteiger partial charge is 0.493 e. The summed E-state index contributed by atoms with van der Waals surface area (Å²) in [4.78, 5) is 25.2. The number of benzene rings is 1. The van der Waals surface area contributed by atoms with E-state index in [2.05, 4.69) is 5.10 Å². The number of carbonyl (C=O) groups excluding carboxylic acids is 1. The number of carboxylic acid groups (broad SMARTS) is 1. The molecule has 2 N–H and O–H groups in total. The topological polar surface area (TPSA) is 105 Å². The molecule has 0 spiro atoms. The second kappa shape index (κ2) is 7.39. The maximum absolute atomic E-state index is 12.9. The van der Waals surface area contributed by atoms with Crippen LogP contribution in [0.3, 0.4) is 0 Å². The number of aromatic nitrogens is 2. The van der Waals surface area contributed by atoms with Gasteiger partial charge in [-0.05, 0) is 18.2 Å². The Morgan fingerprint density at radius 2 is 1.90 bits per heavy atom. The van der Waals surface area contributed by atoms with Crippen molar-refractivity contribution in [3.63, 3.8) is 0 Å². The van der Waals surface area contributed by atoms with Gasteiger partial charge in [-0.15, -0.1) is 0 Å². The summed E-state index contributed by atoms with van der Waals surface area (Å²) in [6, 6.07) is 4.46. The highest BCUT2D eigenvalue weighted by atomic mass is 19.4. The minimum absolute atomic E-state index is 0.0127. The highest BCUT2D eigenvalue weighted by Gasteiger charge is 2.41. The molecule has 0 saturated carbocycles. The second-order valence-corrected chi connectivity index (χ2v) is 6.67. The zero-order valence-electron chi connectivity index (χ0n) is 15.3. The maximum atomic E-state index is 12.9. The minimum atomic E-state index is -4.53. The fraction of sp³-hybridized carbons (Fsp3) is 0.389. The van der Waals surface area contributed by atoms with Crippen molar-refractivity contribution >= 4 is 11.9 Å². The minimum Gasteiger partial charge on any atom is -0.493 e. The van der Waals surface area contributed by atoms with Crippen LogP contribution in [0.15, 0.2) is 30.5 Å². The number of aliphatic carboxylic acids is 1. The lowest BCUT2D eigenvalue weighted by Crippen LogP contribution is -2.50. The molecule has 0 bridgehead atoms. The van der Waals surface area contributed by atoms with Crippen LogP contribution in [0.2, 0.25) is 0 Å². The van der Waals surface area contributed by atoms with E-state index >= 15 is 0 Å². The number of methoxy groups -OCH3 is 1. The van der Waals surface area contributed by atoms with Gasteiger partial charge >= 0.3 is 12.1 Å². The molecule has 156 valence electrons. The average Bonchev–Trinajstić information content (AvgIpc) is 3.12. The van der Waals surface area contributed by atoms with Crippen LogP contribution in [0.5, 0.6) is 5.75 Å². The van der Waals surface area contributed by atoms with E-state index in [-0.39, 0.29) is 43.1 Å². The Morgan fingerprint density at radius 3 is 2.45 bits per heavy atom. The van der Waals surface area contributed by atoms with E-state index in [4.69, 9.17) is 9.84 Å². The summed E-state index contributed by atoms with van der Waals surface area (Å²) in [6.45, 7) is -0.0254. The molecular weight excluding hydrogens is 395 g/mol. The van der Waals surface area contributed by atoms with Gasteiger partial charge in [0.15, 0.2) is 17.0 Å². The van der Waals surface area contributed by atoms with Gasteiger partial charge in [-0.2, -0.15) is 18.3 Å². The number of alkyl halides is 3. The van der Waals surface area contributed by atoms with Gasteiger partial charge in [0.2, 0.25) is 0 Å². The third-order valence-corrected chi connectivity index (χ3v) is 4.82. The van der Waals surface area contributed by atoms with Gasteiger partial charge in [-0.3, -0.25) is 4.79 Å². The molecule has 29 heavy (non-hydrogen) atoms. The molecule has 0 atom stereocenters. The van der Waals surface area contributed by atoms with Crippen molar-refractivity contribution < 1.29 is 37.7 Å². The third-order valence-electron chi connectivity index (χ3n) is 4.82. The van der Waals surface area contributed by atoms with Crippen molar-refractivity contribution in [2.45, 2.75) is 24.6 Å². The van der Waals surface area contributed by atoms with E-state index < -0.39 is 29.2 Å². The van der Waals surface area contributed by atoms with E-state index in [1.54, 1.807) is 0 Å². The average molecular weight is 413 g/mol.